The Bertz CT molecular complexity index is 844. The largest absolute Gasteiger partial charge is 0.462 e. The predicted octanol–water partition coefficient (Wildman–Crippen LogP) is 5.58. The van der Waals surface area contributed by atoms with Crippen LogP contribution in [0.25, 0.3) is 0 Å². The van der Waals surface area contributed by atoms with E-state index in [4.69, 9.17) is 4.74 Å². The van der Waals surface area contributed by atoms with Crippen LogP contribution < -0.4 is 0 Å². The van der Waals surface area contributed by atoms with Crippen molar-refractivity contribution >= 4 is 5.97 Å². The van der Waals surface area contributed by atoms with Crippen molar-refractivity contribution in [3.63, 3.8) is 0 Å². The number of carbonyl (C=O) groups excluding carboxylic acids is 1. The number of esters is 1. The van der Waals surface area contributed by atoms with Crippen LogP contribution in [0.1, 0.15) is 58.8 Å². The van der Waals surface area contributed by atoms with Crippen LogP contribution in [0, 0.1) is 87.8 Å². The molecule has 0 aromatic rings. The molecule has 0 radical (unpaired) electrons. The van der Waals surface area contributed by atoms with Crippen LogP contribution in [-0.2, 0) is 9.53 Å². The van der Waals surface area contributed by atoms with Crippen molar-refractivity contribution in [2.45, 2.75) is 58.8 Å². The first-order chi connectivity index (χ1) is 14.5. The molecule has 0 amide bonds. The van der Waals surface area contributed by atoms with Crippen LogP contribution in [0.4, 0.5) is 0 Å². The van der Waals surface area contributed by atoms with Crippen molar-refractivity contribution in [2.24, 2.45) is 87.8 Å². The molecule has 0 aliphatic heterocycles. The van der Waals surface area contributed by atoms with Gasteiger partial charge in [0, 0.05) is 11.5 Å². The van der Waals surface area contributed by atoms with Gasteiger partial charge in [-0.2, -0.15) is 0 Å². The second-order valence-electron chi connectivity index (χ2n) is 13.9. The van der Waals surface area contributed by atoms with Gasteiger partial charge in [-0.25, -0.2) is 4.79 Å². The topological polar surface area (TPSA) is 26.3 Å². The molecule has 162 valence electrons. The molecule has 8 rings (SSSR count). The van der Waals surface area contributed by atoms with E-state index in [2.05, 4.69) is 20.4 Å². The van der Waals surface area contributed by atoms with Gasteiger partial charge in [-0.1, -0.05) is 20.4 Å². The molecule has 8 aliphatic rings. The SMILES string of the molecule is C=CC(=O)OCC12C3CC(C4C5CCC(C5)C43)C1C1CC2C2C1C1CC2C(C)(C)C1. The van der Waals surface area contributed by atoms with Crippen LogP contribution in [0.15, 0.2) is 12.7 Å². The molecule has 2 heteroatoms. The molecule has 8 bridgehead atoms. The van der Waals surface area contributed by atoms with Crippen LogP contribution in [-0.4, -0.2) is 12.6 Å². The highest BCUT2D eigenvalue weighted by Crippen LogP contribution is 2.86. The zero-order chi connectivity index (χ0) is 20.2. The standard InChI is InChI=1S/C28H38O2/c1-4-21(29)30-12-28-19-9-16(22-13-5-6-14(7-13)24(19)22)26(28)17-10-20(28)25-18-8-15(23(17)25)11-27(18,2)3/h4,13-20,22-26H,1,5-12H2,2-3H3. The summed E-state index contributed by atoms with van der Waals surface area (Å²) in [6.45, 7) is 9.55. The highest BCUT2D eigenvalue weighted by molar-refractivity contribution is 5.81. The predicted molar refractivity (Wildman–Crippen MR) is 115 cm³/mol. The third-order valence-corrected chi connectivity index (χ3v) is 13.4. The summed E-state index contributed by atoms with van der Waals surface area (Å²) in [5.41, 5.74) is 0.874. The van der Waals surface area contributed by atoms with Crippen molar-refractivity contribution in [1.82, 2.24) is 0 Å². The fraction of sp³-hybridized carbons (Fsp3) is 0.893. The maximum atomic E-state index is 12.2. The second-order valence-corrected chi connectivity index (χ2v) is 13.9. The van der Waals surface area contributed by atoms with E-state index < -0.39 is 0 Å². The molecule has 30 heavy (non-hydrogen) atoms. The normalized spacial score (nSPS) is 63.9. The summed E-state index contributed by atoms with van der Waals surface area (Å²) >= 11 is 0. The van der Waals surface area contributed by atoms with Gasteiger partial charge in [0.05, 0.1) is 6.61 Å². The fourth-order valence-electron chi connectivity index (χ4n) is 13.5. The van der Waals surface area contributed by atoms with Gasteiger partial charge < -0.3 is 4.74 Å². The van der Waals surface area contributed by atoms with Crippen molar-refractivity contribution < 1.29 is 9.53 Å². The third kappa shape index (κ3) is 1.69. The third-order valence-electron chi connectivity index (χ3n) is 13.4. The molecule has 0 spiro atoms. The van der Waals surface area contributed by atoms with E-state index in [9.17, 15) is 4.79 Å². The Labute approximate surface area is 181 Å². The molecule has 14 atom stereocenters. The van der Waals surface area contributed by atoms with Gasteiger partial charge >= 0.3 is 5.97 Å². The molecule has 0 heterocycles. The van der Waals surface area contributed by atoms with Crippen molar-refractivity contribution in [3.05, 3.63) is 12.7 Å². The lowest BCUT2D eigenvalue weighted by Gasteiger charge is -2.58. The molecular weight excluding hydrogens is 368 g/mol. The maximum Gasteiger partial charge on any atom is 0.330 e. The summed E-state index contributed by atoms with van der Waals surface area (Å²) in [4.78, 5) is 12.2. The average Bonchev–Trinajstić information content (AvgIpc) is 3.52. The summed E-state index contributed by atoms with van der Waals surface area (Å²) in [5, 5.41) is 0. The summed E-state index contributed by atoms with van der Waals surface area (Å²) < 4.78 is 6.04. The Balaban J connectivity index is 1.24. The van der Waals surface area contributed by atoms with Gasteiger partial charge in [0.25, 0.3) is 0 Å². The number of carbonyl (C=O) groups is 1. The zero-order valence-corrected chi connectivity index (χ0v) is 18.8. The van der Waals surface area contributed by atoms with E-state index in [0.29, 0.717) is 10.8 Å². The lowest BCUT2D eigenvalue weighted by Crippen LogP contribution is -2.57. The number of hydrogen-bond acceptors (Lipinski definition) is 2. The van der Waals surface area contributed by atoms with Crippen LogP contribution in [0.3, 0.4) is 0 Å². The number of hydrogen-bond donors (Lipinski definition) is 0. The molecule has 0 N–H and O–H groups in total. The van der Waals surface area contributed by atoms with Gasteiger partial charge in [0.2, 0.25) is 0 Å². The van der Waals surface area contributed by atoms with E-state index in [1.165, 1.54) is 51.0 Å². The van der Waals surface area contributed by atoms with E-state index in [1.54, 1.807) is 0 Å². The van der Waals surface area contributed by atoms with Gasteiger partial charge in [0.15, 0.2) is 0 Å². The smallest absolute Gasteiger partial charge is 0.330 e. The molecule has 2 nitrogen and oxygen atoms in total. The van der Waals surface area contributed by atoms with Gasteiger partial charge in [-0.3, -0.25) is 0 Å². The second kappa shape index (κ2) is 5.23. The van der Waals surface area contributed by atoms with E-state index in [-0.39, 0.29) is 5.97 Å². The van der Waals surface area contributed by atoms with Crippen LogP contribution in [0.5, 0.6) is 0 Å². The Morgan fingerprint density at radius 1 is 0.900 bits per heavy atom. The fourth-order valence-corrected chi connectivity index (χ4v) is 13.5. The van der Waals surface area contributed by atoms with Crippen molar-refractivity contribution in [1.29, 1.82) is 0 Å². The number of fused-ring (bicyclic) bond motifs is 23. The molecule has 0 aromatic heterocycles. The minimum atomic E-state index is -0.178. The summed E-state index contributed by atoms with van der Waals surface area (Å²) in [6.07, 6.45) is 11.9. The van der Waals surface area contributed by atoms with E-state index in [0.717, 1.165) is 83.5 Å². The highest BCUT2D eigenvalue weighted by Gasteiger charge is 2.82. The molecule has 8 saturated carbocycles. The minimum absolute atomic E-state index is 0.178. The Hall–Kier alpha value is -0.790. The quantitative estimate of drug-likeness (QED) is 0.347. The monoisotopic (exact) mass is 406 g/mol. The van der Waals surface area contributed by atoms with Crippen molar-refractivity contribution in [2.75, 3.05) is 6.61 Å². The first-order valence-corrected chi connectivity index (χ1v) is 13.2. The lowest BCUT2D eigenvalue weighted by atomic mass is 9.46. The van der Waals surface area contributed by atoms with Crippen molar-refractivity contribution in [3.8, 4) is 0 Å². The van der Waals surface area contributed by atoms with Gasteiger partial charge in [0.1, 0.15) is 0 Å². The molecule has 8 fully saturated rings. The highest BCUT2D eigenvalue weighted by atomic mass is 16.5. The van der Waals surface area contributed by atoms with Gasteiger partial charge in [-0.05, 0) is 127 Å². The van der Waals surface area contributed by atoms with E-state index in [1.807, 2.05) is 0 Å². The number of ether oxygens (including phenoxy) is 1. The number of rotatable bonds is 3. The van der Waals surface area contributed by atoms with Crippen LogP contribution in [0.2, 0.25) is 0 Å². The zero-order valence-electron chi connectivity index (χ0n) is 18.8. The summed E-state index contributed by atoms with van der Waals surface area (Å²) in [5.74, 6) is 12.4. The first-order valence-electron chi connectivity index (χ1n) is 13.2. The minimum Gasteiger partial charge on any atom is -0.462 e. The Morgan fingerprint density at radius 2 is 1.57 bits per heavy atom. The lowest BCUT2D eigenvalue weighted by molar-refractivity contribution is -0.164. The first kappa shape index (κ1) is 17.7. The molecule has 14 unspecified atom stereocenters. The molecule has 0 saturated heterocycles. The average molecular weight is 407 g/mol. The van der Waals surface area contributed by atoms with Crippen LogP contribution >= 0.6 is 0 Å². The Morgan fingerprint density at radius 3 is 2.30 bits per heavy atom. The molecular formula is C28H38O2. The van der Waals surface area contributed by atoms with E-state index >= 15 is 0 Å². The summed E-state index contributed by atoms with van der Waals surface area (Å²) in [6, 6.07) is 0. The Kier molecular flexibility index (Phi) is 3.09. The maximum absolute atomic E-state index is 12.2. The summed E-state index contributed by atoms with van der Waals surface area (Å²) in [7, 11) is 0. The van der Waals surface area contributed by atoms with Gasteiger partial charge in [-0.15, -0.1) is 0 Å². The molecule has 8 aliphatic carbocycles. The molecule has 0 aromatic carbocycles.